The molecule has 1 aliphatic carbocycles. The highest BCUT2D eigenvalue weighted by Gasteiger charge is 2.23. The molecule has 2 N–H and O–H groups in total. The average molecular weight is 239 g/mol. The molecule has 2 rings (SSSR count). The van der Waals surface area contributed by atoms with Gasteiger partial charge in [-0.05, 0) is 18.8 Å². The molecule has 2 fully saturated rings. The van der Waals surface area contributed by atoms with E-state index in [0.29, 0.717) is 18.5 Å². The Hall–Kier alpha value is -0.610. The molecule has 0 spiro atoms. The number of rotatable bonds is 3. The van der Waals surface area contributed by atoms with Gasteiger partial charge in [-0.3, -0.25) is 9.69 Å². The summed E-state index contributed by atoms with van der Waals surface area (Å²) in [6.45, 7) is 6.83. The van der Waals surface area contributed by atoms with E-state index in [1.165, 1.54) is 19.3 Å². The Morgan fingerprint density at radius 3 is 2.71 bits per heavy atom. The molecule has 0 unspecified atom stereocenters. The lowest BCUT2D eigenvalue weighted by Gasteiger charge is -2.31. The predicted octanol–water partition coefficient (Wildman–Crippen LogP) is 0.587. The Labute approximate surface area is 104 Å². The quantitative estimate of drug-likeness (QED) is 0.757. The van der Waals surface area contributed by atoms with Crippen LogP contribution in [-0.2, 0) is 4.79 Å². The predicted molar refractivity (Wildman–Crippen MR) is 68.9 cm³/mol. The summed E-state index contributed by atoms with van der Waals surface area (Å²) in [5, 5.41) is 6.52. The van der Waals surface area contributed by atoms with Crippen LogP contribution in [0.4, 0.5) is 0 Å². The molecule has 98 valence electrons. The molecule has 0 aromatic carbocycles. The average Bonchev–Trinajstić information content (AvgIpc) is 2.33. The van der Waals surface area contributed by atoms with Crippen LogP contribution in [0.2, 0.25) is 0 Å². The maximum absolute atomic E-state index is 12.0. The molecule has 0 radical (unpaired) electrons. The summed E-state index contributed by atoms with van der Waals surface area (Å²) >= 11 is 0. The van der Waals surface area contributed by atoms with E-state index in [1.54, 1.807) is 0 Å². The van der Waals surface area contributed by atoms with Gasteiger partial charge in [0.25, 0.3) is 0 Å². The zero-order valence-electron chi connectivity index (χ0n) is 10.9. The normalized spacial score (nSPS) is 31.1. The SMILES string of the molecule is C[C@H]1CCCC[C@H]1NC(=O)CN1CCNCC1. The van der Waals surface area contributed by atoms with Gasteiger partial charge >= 0.3 is 0 Å². The Morgan fingerprint density at radius 1 is 1.29 bits per heavy atom. The molecule has 0 aromatic heterocycles. The fraction of sp³-hybridized carbons (Fsp3) is 0.923. The van der Waals surface area contributed by atoms with Crippen LogP contribution in [0.15, 0.2) is 0 Å². The van der Waals surface area contributed by atoms with E-state index in [9.17, 15) is 4.79 Å². The van der Waals surface area contributed by atoms with Gasteiger partial charge in [-0.25, -0.2) is 0 Å². The molecule has 2 atom stereocenters. The topological polar surface area (TPSA) is 44.4 Å². The van der Waals surface area contributed by atoms with Crippen molar-refractivity contribution in [2.24, 2.45) is 5.92 Å². The van der Waals surface area contributed by atoms with Crippen molar-refractivity contribution in [3.05, 3.63) is 0 Å². The van der Waals surface area contributed by atoms with Gasteiger partial charge in [-0.1, -0.05) is 19.8 Å². The lowest BCUT2D eigenvalue weighted by atomic mass is 9.86. The van der Waals surface area contributed by atoms with E-state index in [-0.39, 0.29) is 5.91 Å². The van der Waals surface area contributed by atoms with Crippen molar-refractivity contribution in [2.75, 3.05) is 32.7 Å². The number of hydrogen-bond donors (Lipinski definition) is 2. The van der Waals surface area contributed by atoms with Crippen molar-refractivity contribution in [3.63, 3.8) is 0 Å². The van der Waals surface area contributed by atoms with Crippen molar-refractivity contribution >= 4 is 5.91 Å². The minimum absolute atomic E-state index is 0.214. The van der Waals surface area contributed by atoms with Crippen LogP contribution in [0, 0.1) is 5.92 Å². The summed E-state index contributed by atoms with van der Waals surface area (Å²) in [4.78, 5) is 14.2. The van der Waals surface area contributed by atoms with Crippen LogP contribution in [-0.4, -0.2) is 49.6 Å². The lowest BCUT2D eigenvalue weighted by Crippen LogP contribution is -2.50. The zero-order chi connectivity index (χ0) is 12.1. The number of hydrogen-bond acceptors (Lipinski definition) is 3. The highest BCUT2D eigenvalue weighted by Crippen LogP contribution is 2.23. The summed E-state index contributed by atoms with van der Waals surface area (Å²) in [7, 11) is 0. The largest absolute Gasteiger partial charge is 0.352 e. The third-order valence-corrected chi connectivity index (χ3v) is 4.03. The first-order valence-electron chi connectivity index (χ1n) is 6.98. The molecule has 0 bridgehead atoms. The fourth-order valence-corrected chi connectivity index (χ4v) is 2.86. The number of piperazine rings is 1. The molecule has 4 nitrogen and oxygen atoms in total. The standard InChI is InChI=1S/C13H25N3O/c1-11-4-2-3-5-12(11)15-13(17)10-16-8-6-14-7-9-16/h11-12,14H,2-10H2,1H3,(H,15,17)/t11-,12+/m0/s1. The molecule has 1 heterocycles. The number of carbonyl (C=O) groups excluding carboxylic acids is 1. The van der Waals surface area contributed by atoms with Gasteiger partial charge < -0.3 is 10.6 Å². The van der Waals surface area contributed by atoms with E-state index in [1.807, 2.05) is 0 Å². The zero-order valence-corrected chi connectivity index (χ0v) is 10.9. The second-order valence-electron chi connectivity index (χ2n) is 5.46. The second-order valence-corrected chi connectivity index (χ2v) is 5.46. The smallest absolute Gasteiger partial charge is 0.234 e. The van der Waals surface area contributed by atoms with Gasteiger partial charge in [-0.15, -0.1) is 0 Å². The molecule has 1 amide bonds. The molecular formula is C13H25N3O. The Balaban J connectivity index is 1.72. The first kappa shape index (κ1) is 12.8. The fourth-order valence-electron chi connectivity index (χ4n) is 2.86. The molecule has 1 saturated heterocycles. The minimum Gasteiger partial charge on any atom is -0.352 e. The summed E-state index contributed by atoms with van der Waals surface area (Å²) in [6.07, 6.45) is 5.02. The Bertz CT molecular complexity index is 251. The van der Waals surface area contributed by atoms with E-state index < -0.39 is 0 Å². The van der Waals surface area contributed by atoms with Crippen LogP contribution in [0.1, 0.15) is 32.6 Å². The van der Waals surface area contributed by atoms with Gasteiger partial charge in [0, 0.05) is 32.2 Å². The molecule has 17 heavy (non-hydrogen) atoms. The van der Waals surface area contributed by atoms with Crippen molar-refractivity contribution in [2.45, 2.75) is 38.6 Å². The van der Waals surface area contributed by atoms with E-state index in [0.717, 1.165) is 32.6 Å². The molecule has 2 aliphatic rings. The second kappa shape index (κ2) is 6.36. The number of amides is 1. The molecule has 1 saturated carbocycles. The first-order valence-corrected chi connectivity index (χ1v) is 6.98. The van der Waals surface area contributed by atoms with Gasteiger partial charge in [0.05, 0.1) is 6.54 Å². The summed E-state index contributed by atoms with van der Waals surface area (Å²) in [6, 6.07) is 0.416. The van der Waals surface area contributed by atoms with E-state index in [2.05, 4.69) is 22.5 Å². The van der Waals surface area contributed by atoms with Crippen molar-refractivity contribution in [1.29, 1.82) is 0 Å². The van der Waals surface area contributed by atoms with Gasteiger partial charge in [-0.2, -0.15) is 0 Å². The Morgan fingerprint density at radius 2 is 2.00 bits per heavy atom. The first-order chi connectivity index (χ1) is 8.25. The lowest BCUT2D eigenvalue weighted by molar-refractivity contribution is -0.123. The molecular weight excluding hydrogens is 214 g/mol. The van der Waals surface area contributed by atoms with E-state index in [4.69, 9.17) is 0 Å². The molecule has 1 aliphatic heterocycles. The minimum atomic E-state index is 0.214. The van der Waals surface area contributed by atoms with Crippen molar-refractivity contribution in [1.82, 2.24) is 15.5 Å². The third-order valence-electron chi connectivity index (χ3n) is 4.03. The van der Waals surface area contributed by atoms with Gasteiger partial charge in [0.1, 0.15) is 0 Å². The summed E-state index contributed by atoms with van der Waals surface area (Å²) in [5.74, 6) is 0.862. The van der Waals surface area contributed by atoms with Gasteiger partial charge in [0.2, 0.25) is 5.91 Å². The highest BCUT2D eigenvalue weighted by atomic mass is 16.2. The van der Waals surface area contributed by atoms with Crippen molar-refractivity contribution < 1.29 is 4.79 Å². The summed E-state index contributed by atoms with van der Waals surface area (Å²) < 4.78 is 0. The maximum atomic E-state index is 12.0. The van der Waals surface area contributed by atoms with Crippen LogP contribution in [0.5, 0.6) is 0 Å². The number of nitrogens with one attached hydrogen (secondary N) is 2. The number of nitrogens with zero attached hydrogens (tertiary/aromatic N) is 1. The Kier molecular flexibility index (Phi) is 4.80. The van der Waals surface area contributed by atoms with Crippen LogP contribution in [0.3, 0.4) is 0 Å². The van der Waals surface area contributed by atoms with Crippen molar-refractivity contribution in [3.8, 4) is 0 Å². The molecule has 0 aromatic rings. The van der Waals surface area contributed by atoms with Crippen LogP contribution in [0.25, 0.3) is 0 Å². The van der Waals surface area contributed by atoms with E-state index >= 15 is 0 Å². The van der Waals surface area contributed by atoms with Crippen LogP contribution >= 0.6 is 0 Å². The monoisotopic (exact) mass is 239 g/mol. The number of carbonyl (C=O) groups is 1. The molecule has 4 heteroatoms. The maximum Gasteiger partial charge on any atom is 0.234 e. The van der Waals surface area contributed by atoms with Gasteiger partial charge in [0.15, 0.2) is 0 Å². The summed E-state index contributed by atoms with van der Waals surface area (Å²) in [5.41, 5.74) is 0. The van der Waals surface area contributed by atoms with Crippen LogP contribution < -0.4 is 10.6 Å². The highest BCUT2D eigenvalue weighted by molar-refractivity contribution is 5.78. The third kappa shape index (κ3) is 3.96.